The second kappa shape index (κ2) is 7.69. The molecular weight excluding hydrogens is 302 g/mol. The van der Waals surface area contributed by atoms with Gasteiger partial charge in [0.05, 0.1) is 14.2 Å². The first-order chi connectivity index (χ1) is 11.6. The van der Waals surface area contributed by atoms with E-state index < -0.39 is 0 Å². The monoisotopic (exact) mass is 325 g/mol. The van der Waals surface area contributed by atoms with Crippen LogP contribution in [-0.2, 0) is 12.8 Å². The van der Waals surface area contributed by atoms with E-state index in [1.54, 1.807) is 14.2 Å². The van der Waals surface area contributed by atoms with E-state index in [1.807, 2.05) is 18.2 Å². The standard InChI is InChI=1S/C19H23N3O2/c1-5-7-15-13(6-2)18(14(11-20)19(21)22-15)12-8-9-16(23-3)17(10-12)24-4/h8-10H,5-7H2,1-4H3,(H2,21,22). The summed E-state index contributed by atoms with van der Waals surface area (Å²) >= 11 is 0. The highest BCUT2D eigenvalue weighted by Gasteiger charge is 2.19. The smallest absolute Gasteiger partial charge is 0.161 e. The third kappa shape index (κ3) is 3.13. The van der Waals surface area contributed by atoms with Gasteiger partial charge in [0.2, 0.25) is 0 Å². The number of anilines is 1. The summed E-state index contributed by atoms with van der Waals surface area (Å²) in [5, 5.41) is 9.60. The maximum atomic E-state index is 9.60. The van der Waals surface area contributed by atoms with Crippen molar-refractivity contribution in [2.75, 3.05) is 20.0 Å². The summed E-state index contributed by atoms with van der Waals surface area (Å²) < 4.78 is 10.7. The van der Waals surface area contributed by atoms with Crippen LogP contribution in [0.5, 0.6) is 11.5 Å². The number of benzene rings is 1. The fraction of sp³-hybridized carbons (Fsp3) is 0.368. The molecule has 0 fully saturated rings. The molecular formula is C19H23N3O2. The first-order valence-corrected chi connectivity index (χ1v) is 8.04. The van der Waals surface area contributed by atoms with Crippen LogP contribution >= 0.6 is 0 Å². The maximum absolute atomic E-state index is 9.60. The molecule has 5 nitrogen and oxygen atoms in total. The van der Waals surface area contributed by atoms with Gasteiger partial charge in [-0.15, -0.1) is 0 Å². The molecule has 0 saturated carbocycles. The number of methoxy groups -OCH3 is 2. The van der Waals surface area contributed by atoms with Gasteiger partial charge in [-0.3, -0.25) is 0 Å². The van der Waals surface area contributed by atoms with Gasteiger partial charge in [-0.1, -0.05) is 26.3 Å². The Hall–Kier alpha value is -2.74. The molecule has 2 N–H and O–H groups in total. The molecule has 1 aromatic carbocycles. The van der Waals surface area contributed by atoms with Gasteiger partial charge < -0.3 is 15.2 Å². The zero-order chi connectivity index (χ0) is 17.7. The quantitative estimate of drug-likeness (QED) is 0.875. The molecule has 0 spiro atoms. The Morgan fingerprint density at radius 3 is 2.42 bits per heavy atom. The highest BCUT2D eigenvalue weighted by molar-refractivity contribution is 5.80. The van der Waals surface area contributed by atoms with Crippen LogP contribution in [0.4, 0.5) is 5.82 Å². The van der Waals surface area contributed by atoms with E-state index in [2.05, 4.69) is 24.9 Å². The highest BCUT2D eigenvalue weighted by atomic mass is 16.5. The molecule has 0 bridgehead atoms. The number of nitrogens with zero attached hydrogens (tertiary/aromatic N) is 2. The molecule has 1 aromatic heterocycles. The molecule has 0 saturated heterocycles. The van der Waals surface area contributed by atoms with E-state index in [0.29, 0.717) is 17.1 Å². The van der Waals surface area contributed by atoms with Crippen LogP contribution in [0.1, 0.15) is 37.1 Å². The number of rotatable bonds is 6. The summed E-state index contributed by atoms with van der Waals surface area (Å²) in [4.78, 5) is 4.47. The molecule has 24 heavy (non-hydrogen) atoms. The number of nitriles is 1. The Kier molecular flexibility index (Phi) is 5.64. The summed E-state index contributed by atoms with van der Waals surface area (Å²) in [5.74, 6) is 1.55. The second-order valence-electron chi connectivity index (χ2n) is 5.46. The van der Waals surface area contributed by atoms with Crippen molar-refractivity contribution in [2.45, 2.75) is 33.1 Å². The minimum atomic E-state index is 0.280. The minimum Gasteiger partial charge on any atom is -0.493 e. The first-order valence-electron chi connectivity index (χ1n) is 8.04. The Morgan fingerprint density at radius 1 is 1.17 bits per heavy atom. The Labute approximate surface area is 143 Å². The topological polar surface area (TPSA) is 81.2 Å². The summed E-state index contributed by atoms with van der Waals surface area (Å²) in [6.45, 7) is 4.17. The fourth-order valence-corrected chi connectivity index (χ4v) is 2.94. The van der Waals surface area contributed by atoms with E-state index in [-0.39, 0.29) is 5.82 Å². The van der Waals surface area contributed by atoms with Crippen molar-refractivity contribution < 1.29 is 9.47 Å². The Bertz CT molecular complexity index is 779. The SMILES string of the molecule is CCCc1nc(N)c(C#N)c(-c2ccc(OC)c(OC)c2)c1CC. The number of aromatic nitrogens is 1. The summed E-state index contributed by atoms with van der Waals surface area (Å²) in [5.41, 5.74) is 10.2. The summed E-state index contributed by atoms with van der Waals surface area (Å²) in [6.07, 6.45) is 2.58. The normalized spacial score (nSPS) is 10.3. The number of ether oxygens (including phenoxy) is 2. The van der Waals surface area contributed by atoms with Gasteiger partial charge in [0.1, 0.15) is 17.5 Å². The summed E-state index contributed by atoms with van der Waals surface area (Å²) in [6, 6.07) is 7.85. The first kappa shape index (κ1) is 17.6. The molecule has 0 aliphatic carbocycles. The largest absolute Gasteiger partial charge is 0.493 e. The Morgan fingerprint density at radius 2 is 1.88 bits per heavy atom. The average molecular weight is 325 g/mol. The van der Waals surface area contributed by atoms with Gasteiger partial charge in [-0.25, -0.2) is 4.98 Å². The third-order valence-electron chi connectivity index (χ3n) is 4.04. The molecule has 0 atom stereocenters. The van der Waals surface area contributed by atoms with E-state index in [0.717, 1.165) is 41.6 Å². The lowest BCUT2D eigenvalue weighted by atomic mass is 9.91. The molecule has 0 aliphatic heterocycles. The zero-order valence-electron chi connectivity index (χ0n) is 14.6. The van der Waals surface area contributed by atoms with Crippen molar-refractivity contribution in [3.63, 3.8) is 0 Å². The van der Waals surface area contributed by atoms with Gasteiger partial charge in [0.25, 0.3) is 0 Å². The molecule has 0 aliphatic rings. The number of nitrogens with two attached hydrogens (primary N) is 1. The van der Waals surface area contributed by atoms with Crippen LogP contribution in [0.15, 0.2) is 18.2 Å². The molecule has 126 valence electrons. The fourth-order valence-electron chi connectivity index (χ4n) is 2.94. The van der Waals surface area contributed by atoms with E-state index >= 15 is 0 Å². The van der Waals surface area contributed by atoms with Gasteiger partial charge in [-0.05, 0) is 36.1 Å². The molecule has 5 heteroatoms. The van der Waals surface area contributed by atoms with Crippen molar-refractivity contribution in [3.8, 4) is 28.7 Å². The number of nitrogen functional groups attached to an aromatic ring is 1. The van der Waals surface area contributed by atoms with Crippen LogP contribution in [0, 0.1) is 11.3 Å². The van der Waals surface area contributed by atoms with Crippen LogP contribution in [-0.4, -0.2) is 19.2 Å². The summed E-state index contributed by atoms with van der Waals surface area (Å²) in [7, 11) is 3.19. The lowest BCUT2D eigenvalue weighted by Gasteiger charge is -2.17. The van der Waals surface area contributed by atoms with Crippen molar-refractivity contribution >= 4 is 5.82 Å². The lowest BCUT2D eigenvalue weighted by molar-refractivity contribution is 0.355. The van der Waals surface area contributed by atoms with Gasteiger partial charge in [0, 0.05) is 11.3 Å². The van der Waals surface area contributed by atoms with Crippen LogP contribution in [0.3, 0.4) is 0 Å². The third-order valence-corrected chi connectivity index (χ3v) is 4.04. The van der Waals surface area contributed by atoms with E-state index in [9.17, 15) is 5.26 Å². The van der Waals surface area contributed by atoms with Crippen LogP contribution < -0.4 is 15.2 Å². The second-order valence-corrected chi connectivity index (χ2v) is 5.46. The van der Waals surface area contributed by atoms with E-state index in [4.69, 9.17) is 15.2 Å². The van der Waals surface area contributed by atoms with E-state index in [1.165, 1.54) is 0 Å². The number of hydrogen-bond acceptors (Lipinski definition) is 5. The number of hydrogen-bond donors (Lipinski definition) is 1. The van der Waals surface area contributed by atoms with Gasteiger partial charge >= 0.3 is 0 Å². The van der Waals surface area contributed by atoms with Crippen molar-refractivity contribution in [2.24, 2.45) is 0 Å². The number of pyridine rings is 1. The maximum Gasteiger partial charge on any atom is 0.161 e. The zero-order valence-corrected chi connectivity index (χ0v) is 14.6. The van der Waals surface area contributed by atoms with Crippen molar-refractivity contribution in [1.82, 2.24) is 4.98 Å². The predicted molar refractivity (Wildman–Crippen MR) is 95.3 cm³/mol. The van der Waals surface area contributed by atoms with Gasteiger partial charge in [0.15, 0.2) is 11.5 Å². The average Bonchev–Trinajstić information content (AvgIpc) is 2.60. The molecule has 0 unspecified atom stereocenters. The van der Waals surface area contributed by atoms with Crippen LogP contribution in [0.25, 0.3) is 11.1 Å². The molecule has 0 amide bonds. The minimum absolute atomic E-state index is 0.280. The number of aryl methyl sites for hydroxylation is 1. The molecule has 2 aromatic rings. The molecule has 2 rings (SSSR count). The highest BCUT2D eigenvalue weighted by Crippen LogP contribution is 2.37. The molecule has 0 radical (unpaired) electrons. The molecule has 1 heterocycles. The lowest BCUT2D eigenvalue weighted by Crippen LogP contribution is -2.07. The Balaban J connectivity index is 2.79. The predicted octanol–water partition coefficient (Wildman–Crippen LogP) is 3.73. The van der Waals surface area contributed by atoms with Crippen LogP contribution in [0.2, 0.25) is 0 Å². The van der Waals surface area contributed by atoms with Gasteiger partial charge in [-0.2, -0.15) is 5.26 Å². The van der Waals surface area contributed by atoms with Crippen molar-refractivity contribution in [3.05, 3.63) is 35.0 Å². The van der Waals surface area contributed by atoms with Crippen molar-refractivity contribution in [1.29, 1.82) is 5.26 Å².